The number of ether oxygens (including phenoxy) is 1. The van der Waals surface area contributed by atoms with Crippen LogP contribution in [0.15, 0.2) is 47.4 Å². The maximum absolute atomic E-state index is 5.98. The van der Waals surface area contributed by atoms with E-state index in [0.29, 0.717) is 0 Å². The molecule has 0 aliphatic carbocycles. The lowest BCUT2D eigenvalue weighted by Gasteiger charge is -2.24. The summed E-state index contributed by atoms with van der Waals surface area (Å²) in [5, 5.41) is 0. The van der Waals surface area contributed by atoms with Gasteiger partial charge in [0.15, 0.2) is 0 Å². The quantitative estimate of drug-likeness (QED) is 0.636. The monoisotopic (exact) mass is 244 g/mol. The van der Waals surface area contributed by atoms with E-state index in [-0.39, 0.29) is 10.9 Å². The molecule has 2 aromatic carbocycles. The van der Waals surface area contributed by atoms with Crippen molar-refractivity contribution in [1.82, 2.24) is 0 Å². The molecule has 0 saturated heterocycles. The van der Waals surface area contributed by atoms with Gasteiger partial charge < -0.3 is 4.74 Å². The van der Waals surface area contributed by atoms with Gasteiger partial charge in [0, 0.05) is 12.0 Å². The minimum atomic E-state index is -0.0795. The summed E-state index contributed by atoms with van der Waals surface area (Å²) in [6, 6.07) is 14.7. The van der Waals surface area contributed by atoms with E-state index in [0.717, 1.165) is 17.9 Å². The minimum Gasteiger partial charge on any atom is -0.457 e. The molecule has 2 aromatic rings. The Morgan fingerprint density at radius 2 is 1.71 bits per heavy atom. The molecule has 0 atom stereocenters. The van der Waals surface area contributed by atoms with Gasteiger partial charge in [-0.1, -0.05) is 24.3 Å². The van der Waals surface area contributed by atoms with Crippen LogP contribution in [0.2, 0.25) is 0 Å². The van der Waals surface area contributed by atoms with E-state index in [4.69, 9.17) is 4.74 Å². The predicted molar refractivity (Wildman–Crippen MR) is 74.9 cm³/mol. The molecule has 0 unspecified atom stereocenters. The van der Waals surface area contributed by atoms with Crippen LogP contribution in [-0.4, -0.2) is 12.5 Å². The number of fused-ring (bicyclic) bond motifs is 2. The molecule has 1 nitrogen and oxygen atoms in total. The van der Waals surface area contributed by atoms with Crippen LogP contribution in [-0.2, 0) is 6.42 Å². The zero-order valence-corrected chi connectivity index (χ0v) is 11.0. The fraction of sp³-hybridized carbons (Fsp3) is 0.200. The van der Waals surface area contributed by atoms with Crippen LogP contribution >= 0.6 is 10.9 Å². The molecule has 1 aliphatic heterocycles. The van der Waals surface area contributed by atoms with Crippen LogP contribution in [0.3, 0.4) is 0 Å². The summed E-state index contributed by atoms with van der Waals surface area (Å²) < 4.78 is 5.98. The van der Waals surface area contributed by atoms with Gasteiger partial charge >= 0.3 is 0 Å². The Kier molecular flexibility index (Phi) is 2.60. The molecule has 0 radical (unpaired) electrons. The van der Waals surface area contributed by atoms with Gasteiger partial charge in [-0.3, -0.25) is 0 Å². The lowest BCUT2D eigenvalue weighted by Crippen LogP contribution is -2.04. The Balaban J connectivity index is 2.12. The molecule has 17 heavy (non-hydrogen) atoms. The van der Waals surface area contributed by atoms with Crippen molar-refractivity contribution in [3.63, 3.8) is 0 Å². The Morgan fingerprint density at radius 1 is 0.941 bits per heavy atom. The first-order valence-corrected chi connectivity index (χ1v) is 8.04. The standard InChI is InChI=1S/C15H16OS/c1-17(2)15-9-5-8-14-12(15)10-11-6-3-4-7-13(11)16-14/h3-9,17H,10H2,1-2H3. The first kappa shape index (κ1) is 10.7. The smallest absolute Gasteiger partial charge is 0.132 e. The SMILES string of the molecule is C[SH](C)c1cccc2c1Cc1ccccc1O2. The summed E-state index contributed by atoms with van der Waals surface area (Å²) in [6.45, 7) is 0. The van der Waals surface area contributed by atoms with E-state index in [1.165, 1.54) is 16.0 Å². The number of para-hydroxylation sites is 1. The number of benzene rings is 2. The third-order valence-electron chi connectivity index (χ3n) is 3.15. The van der Waals surface area contributed by atoms with Crippen molar-refractivity contribution in [3.05, 3.63) is 53.6 Å². The first-order chi connectivity index (χ1) is 8.25. The van der Waals surface area contributed by atoms with Gasteiger partial charge in [0.2, 0.25) is 0 Å². The van der Waals surface area contributed by atoms with Crippen LogP contribution in [0.5, 0.6) is 11.5 Å². The van der Waals surface area contributed by atoms with Crippen LogP contribution in [0.4, 0.5) is 0 Å². The average molecular weight is 244 g/mol. The lowest BCUT2D eigenvalue weighted by atomic mass is 10.0. The number of hydrogen-bond acceptors (Lipinski definition) is 1. The summed E-state index contributed by atoms with van der Waals surface area (Å²) in [4.78, 5) is 1.46. The molecular formula is C15H16OS. The van der Waals surface area contributed by atoms with E-state index in [1.807, 2.05) is 12.1 Å². The molecule has 2 heteroatoms. The van der Waals surface area contributed by atoms with Crippen molar-refractivity contribution < 1.29 is 4.74 Å². The molecule has 0 saturated carbocycles. The van der Waals surface area contributed by atoms with E-state index >= 15 is 0 Å². The number of thiol groups is 1. The molecule has 1 heterocycles. The van der Waals surface area contributed by atoms with E-state index in [2.05, 4.69) is 42.8 Å². The second-order valence-electron chi connectivity index (χ2n) is 4.53. The van der Waals surface area contributed by atoms with Crippen LogP contribution in [0.25, 0.3) is 0 Å². The van der Waals surface area contributed by atoms with Crippen LogP contribution in [0, 0.1) is 0 Å². The molecule has 3 rings (SSSR count). The van der Waals surface area contributed by atoms with E-state index < -0.39 is 0 Å². The summed E-state index contributed by atoms with van der Waals surface area (Å²) in [5.41, 5.74) is 2.67. The summed E-state index contributed by atoms with van der Waals surface area (Å²) >= 11 is 0. The maximum atomic E-state index is 5.98. The van der Waals surface area contributed by atoms with Crippen molar-refractivity contribution in [2.75, 3.05) is 12.5 Å². The van der Waals surface area contributed by atoms with Crippen molar-refractivity contribution >= 4 is 10.9 Å². The number of rotatable bonds is 1. The highest BCUT2D eigenvalue weighted by atomic mass is 32.2. The zero-order chi connectivity index (χ0) is 11.8. The molecule has 0 fully saturated rings. The molecule has 1 aliphatic rings. The molecule has 88 valence electrons. The molecule has 0 bridgehead atoms. The Labute approximate surface area is 105 Å². The summed E-state index contributed by atoms with van der Waals surface area (Å²) in [5.74, 6) is 2.05. The lowest BCUT2D eigenvalue weighted by molar-refractivity contribution is 0.457. The minimum absolute atomic E-state index is 0.0795. The van der Waals surface area contributed by atoms with Gasteiger partial charge in [0.25, 0.3) is 0 Å². The van der Waals surface area contributed by atoms with Crippen molar-refractivity contribution in [2.24, 2.45) is 0 Å². The van der Waals surface area contributed by atoms with E-state index in [1.54, 1.807) is 0 Å². The van der Waals surface area contributed by atoms with Crippen LogP contribution < -0.4 is 4.74 Å². The van der Waals surface area contributed by atoms with Crippen LogP contribution in [0.1, 0.15) is 11.1 Å². The highest BCUT2D eigenvalue weighted by Crippen LogP contribution is 2.43. The topological polar surface area (TPSA) is 9.23 Å². The maximum Gasteiger partial charge on any atom is 0.132 e. The Hall–Kier alpha value is -1.41. The Bertz CT molecular complexity index is 561. The summed E-state index contributed by atoms with van der Waals surface area (Å²) in [7, 11) is -0.0795. The molecule has 0 amide bonds. The van der Waals surface area contributed by atoms with Crippen molar-refractivity contribution in [2.45, 2.75) is 11.3 Å². The second-order valence-corrected chi connectivity index (χ2v) is 6.81. The molecule has 0 N–H and O–H groups in total. The normalized spacial score (nSPS) is 13.4. The molecule has 0 spiro atoms. The van der Waals surface area contributed by atoms with Gasteiger partial charge in [-0.2, -0.15) is 0 Å². The Morgan fingerprint density at radius 3 is 2.53 bits per heavy atom. The highest BCUT2D eigenvalue weighted by Gasteiger charge is 2.19. The van der Waals surface area contributed by atoms with Gasteiger partial charge in [0.05, 0.1) is 0 Å². The first-order valence-electron chi connectivity index (χ1n) is 5.80. The second kappa shape index (κ2) is 4.11. The van der Waals surface area contributed by atoms with Gasteiger partial charge in [-0.05, 0) is 41.2 Å². The third-order valence-corrected chi connectivity index (χ3v) is 4.53. The van der Waals surface area contributed by atoms with E-state index in [9.17, 15) is 0 Å². The summed E-state index contributed by atoms with van der Waals surface area (Å²) in [6.07, 6.45) is 5.60. The largest absolute Gasteiger partial charge is 0.457 e. The highest BCUT2D eigenvalue weighted by molar-refractivity contribution is 8.15. The van der Waals surface area contributed by atoms with Gasteiger partial charge in [-0.25, -0.2) is 10.9 Å². The fourth-order valence-corrected chi connectivity index (χ4v) is 3.42. The predicted octanol–water partition coefficient (Wildman–Crippen LogP) is 4.00. The van der Waals surface area contributed by atoms with Gasteiger partial charge in [0.1, 0.15) is 11.5 Å². The molecule has 0 aromatic heterocycles. The third kappa shape index (κ3) is 1.83. The average Bonchev–Trinajstić information content (AvgIpc) is 2.35. The van der Waals surface area contributed by atoms with Gasteiger partial charge in [-0.15, -0.1) is 0 Å². The number of hydrogen-bond donors (Lipinski definition) is 1. The van der Waals surface area contributed by atoms with Crippen molar-refractivity contribution in [3.8, 4) is 11.5 Å². The zero-order valence-electron chi connectivity index (χ0n) is 10.1. The van der Waals surface area contributed by atoms with Crippen molar-refractivity contribution in [1.29, 1.82) is 0 Å². The molecular weight excluding hydrogens is 228 g/mol. The fourth-order valence-electron chi connectivity index (χ4n) is 2.30.